The Kier molecular flexibility index (Phi) is 67.6. The van der Waals surface area contributed by atoms with Gasteiger partial charge in [0.15, 0.2) is 6.10 Å². The zero-order valence-corrected chi connectivity index (χ0v) is 54.8. The van der Waals surface area contributed by atoms with Crippen molar-refractivity contribution in [2.45, 2.75) is 380 Å². The van der Waals surface area contributed by atoms with Crippen LogP contribution in [0.3, 0.4) is 0 Å². The molecule has 0 fully saturated rings. The van der Waals surface area contributed by atoms with Crippen molar-refractivity contribution in [1.82, 2.24) is 0 Å². The van der Waals surface area contributed by atoms with Gasteiger partial charge in [0.2, 0.25) is 0 Å². The Balaban J connectivity index is 4.10. The highest BCUT2D eigenvalue weighted by molar-refractivity contribution is 5.71. The first-order valence-electron chi connectivity index (χ1n) is 35.9. The topological polar surface area (TPSA) is 78.9 Å². The highest BCUT2D eigenvalue weighted by atomic mass is 16.6. The van der Waals surface area contributed by atoms with Crippen LogP contribution in [0.5, 0.6) is 0 Å². The number of carbonyl (C=O) groups excluding carboxylic acids is 3. The second kappa shape index (κ2) is 70.3. The molecule has 0 saturated carbocycles. The van der Waals surface area contributed by atoms with E-state index in [1.54, 1.807) is 0 Å². The molecule has 6 heteroatoms. The number of carbonyl (C=O) groups is 3. The van der Waals surface area contributed by atoms with E-state index >= 15 is 0 Å². The Hall–Kier alpha value is -3.15. The first-order valence-corrected chi connectivity index (χ1v) is 35.9. The number of rotatable bonds is 66. The van der Waals surface area contributed by atoms with Gasteiger partial charge in [0.05, 0.1) is 0 Å². The van der Waals surface area contributed by atoms with Gasteiger partial charge in [-0.2, -0.15) is 0 Å². The van der Waals surface area contributed by atoms with Gasteiger partial charge in [0.25, 0.3) is 0 Å². The van der Waals surface area contributed by atoms with Gasteiger partial charge in [-0.25, -0.2) is 0 Å². The number of hydrogen-bond acceptors (Lipinski definition) is 6. The van der Waals surface area contributed by atoms with Crippen molar-refractivity contribution in [2.24, 2.45) is 0 Å². The Morgan fingerprint density at radius 3 is 0.817 bits per heavy atom. The molecule has 0 aromatic heterocycles. The van der Waals surface area contributed by atoms with Crippen molar-refractivity contribution >= 4 is 17.9 Å². The summed E-state index contributed by atoms with van der Waals surface area (Å²) < 4.78 is 16.9. The summed E-state index contributed by atoms with van der Waals surface area (Å²) in [5.74, 6) is -0.951. The summed E-state index contributed by atoms with van der Waals surface area (Å²) in [4.78, 5) is 38.3. The van der Waals surface area contributed by atoms with Gasteiger partial charge >= 0.3 is 17.9 Å². The molecule has 6 nitrogen and oxygen atoms in total. The van der Waals surface area contributed by atoms with E-state index in [1.807, 2.05) is 0 Å². The molecule has 82 heavy (non-hydrogen) atoms. The van der Waals surface area contributed by atoms with Crippen molar-refractivity contribution in [3.05, 3.63) is 72.9 Å². The molecule has 0 aliphatic rings. The van der Waals surface area contributed by atoms with Crippen LogP contribution in [0.1, 0.15) is 374 Å². The zero-order chi connectivity index (χ0) is 59.2. The SMILES string of the molecule is CC/C=C\C/C=C\C/C=C\C/C=C\C/C=C\CCCC(=O)OC(COC(=O)CCCCCCC/C=C\CCCCC)COC(=O)CCCCCCCCCCCCCCCCCCCCCCCCCCCCCCCCCCCCC. The molecular formula is C76H136O6. The minimum absolute atomic E-state index is 0.0979. The van der Waals surface area contributed by atoms with Crippen molar-refractivity contribution in [3.8, 4) is 0 Å². The third-order valence-corrected chi connectivity index (χ3v) is 15.9. The Morgan fingerprint density at radius 1 is 0.256 bits per heavy atom. The molecule has 0 bridgehead atoms. The number of ether oxygens (including phenoxy) is 3. The largest absolute Gasteiger partial charge is 0.462 e. The minimum atomic E-state index is -0.808. The van der Waals surface area contributed by atoms with Crippen LogP contribution in [-0.4, -0.2) is 37.2 Å². The number of esters is 3. The van der Waals surface area contributed by atoms with Gasteiger partial charge in [-0.3, -0.25) is 14.4 Å². The maximum atomic E-state index is 12.9. The van der Waals surface area contributed by atoms with E-state index in [4.69, 9.17) is 14.2 Å². The summed E-state index contributed by atoms with van der Waals surface area (Å²) in [5.41, 5.74) is 0. The van der Waals surface area contributed by atoms with E-state index in [1.165, 1.54) is 244 Å². The predicted octanol–water partition coefficient (Wildman–Crippen LogP) is 24.8. The second-order valence-electron chi connectivity index (χ2n) is 24.1. The van der Waals surface area contributed by atoms with Crippen LogP contribution < -0.4 is 0 Å². The summed E-state index contributed by atoms with van der Waals surface area (Å²) in [5, 5.41) is 0. The lowest BCUT2D eigenvalue weighted by molar-refractivity contribution is -0.167. The molecule has 0 aromatic rings. The van der Waals surface area contributed by atoms with E-state index in [9.17, 15) is 14.4 Å². The van der Waals surface area contributed by atoms with Crippen LogP contribution >= 0.6 is 0 Å². The number of unbranched alkanes of at least 4 members (excludes halogenated alkanes) is 43. The summed E-state index contributed by atoms with van der Waals surface area (Å²) in [6.07, 6.45) is 92.6. The van der Waals surface area contributed by atoms with E-state index < -0.39 is 6.10 Å². The van der Waals surface area contributed by atoms with Crippen LogP contribution in [0, 0.1) is 0 Å². The lowest BCUT2D eigenvalue weighted by Gasteiger charge is -2.18. The standard InChI is InChI=1S/C76H136O6/c1-4-7-10-13-16-19-22-25-27-29-30-31-32-33-34-35-36-37-38-39-40-41-42-43-44-45-46-48-49-51-54-57-60-63-66-69-75(78)81-72-73(71-80-74(77)68-65-62-59-56-53-24-21-18-15-12-9-6-3)82-76(79)70-67-64-61-58-55-52-50-47-28-26-23-20-17-14-11-8-5-2/h8,11,17-18,20-21,26,28,50,52,58,61,73H,4-7,9-10,12-16,19,22-25,27,29-49,51,53-57,59-60,62-72H2,1-3H3/b11-8-,20-17-,21-18-,28-26-,52-50-,61-58-. The van der Waals surface area contributed by atoms with Gasteiger partial charge in [-0.15, -0.1) is 0 Å². The van der Waals surface area contributed by atoms with Gasteiger partial charge in [0, 0.05) is 19.3 Å². The molecule has 0 rings (SSSR count). The van der Waals surface area contributed by atoms with Crippen molar-refractivity contribution in [1.29, 1.82) is 0 Å². The average molecular weight is 1150 g/mol. The Morgan fingerprint density at radius 2 is 0.488 bits per heavy atom. The van der Waals surface area contributed by atoms with Crippen LogP contribution in [0.4, 0.5) is 0 Å². The van der Waals surface area contributed by atoms with Crippen LogP contribution in [-0.2, 0) is 28.6 Å². The van der Waals surface area contributed by atoms with E-state index in [-0.39, 0.29) is 37.5 Å². The highest BCUT2D eigenvalue weighted by Gasteiger charge is 2.19. The van der Waals surface area contributed by atoms with Gasteiger partial charge in [-0.1, -0.05) is 344 Å². The smallest absolute Gasteiger partial charge is 0.306 e. The van der Waals surface area contributed by atoms with E-state index in [2.05, 4.69) is 93.7 Å². The quantitative estimate of drug-likeness (QED) is 0.0261. The van der Waals surface area contributed by atoms with E-state index in [0.717, 1.165) is 83.5 Å². The van der Waals surface area contributed by atoms with Crippen LogP contribution in [0.15, 0.2) is 72.9 Å². The molecule has 1 atom stereocenters. The maximum absolute atomic E-state index is 12.9. The fourth-order valence-electron chi connectivity index (χ4n) is 10.6. The molecule has 0 heterocycles. The third-order valence-electron chi connectivity index (χ3n) is 15.9. The highest BCUT2D eigenvalue weighted by Crippen LogP contribution is 2.19. The number of allylic oxidation sites excluding steroid dienone is 12. The molecule has 0 spiro atoms. The summed E-state index contributed by atoms with van der Waals surface area (Å²) in [6.45, 7) is 6.49. The first-order chi connectivity index (χ1) is 40.5. The fourth-order valence-corrected chi connectivity index (χ4v) is 10.6. The normalized spacial score (nSPS) is 12.5. The molecule has 0 saturated heterocycles. The molecule has 0 aliphatic carbocycles. The molecule has 0 aliphatic heterocycles. The minimum Gasteiger partial charge on any atom is -0.462 e. The van der Waals surface area contributed by atoms with Crippen molar-refractivity contribution in [3.63, 3.8) is 0 Å². The summed E-state index contributed by atoms with van der Waals surface area (Å²) in [6, 6.07) is 0. The number of hydrogen-bond donors (Lipinski definition) is 0. The summed E-state index contributed by atoms with van der Waals surface area (Å²) in [7, 11) is 0. The van der Waals surface area contributed by atoms with E-state index in [0.29, 0.717) is 19.3 Å². The Labute approximate surface area is 510 Å². The predicted molar refractivity (Wildman–Crippen MR) is 358 cm³/mol. The van der Waals surface area contributed by atoms with Gasteiger partial charge < -0.3 is 14.2 Å². The van der Waals surface area contributed by atoms with Crippen molar-refractivity contribution in [2.75, 3.05) is 13.2 Å². The molecule has 0 aromatic carbocycles. The third kappa shape index (κ3) is 67.6. The van der Waals surface area contributed by atoms with Crippen LogP contribution in [0.2, 0.25) is 0 Å². The lowest BCUT2D eigenvalue weighted by Crippen LogP contribution is -2.30. The first kappa shape index (κ1) is 78.8. The Bertz CT molecular complexity index is 1500. The molecule has 476 valence electrons. The lowest BCUT2D eigenvalue weighted by atomic mass is 10.0. The maximum Gasteiger partial charge on any atom is 0.306 e. The molecule has 0 N–H and O–H groups in total. The molecular weight excluding hydrogens is 1010 g/mol. The second-order valence-corrected chi connectivity index (χ2v) is 24.1. The summed E-state index contributed by atoms with van der Waals surface area (Å²) >= 11 is 0. The van der Waals surface area contributed by atoms with Crippen LogP contribution in [0.25, 0.3) is 0 Å². The molecule has 0 amide bonds. The molecule has 1 unspecified atom stereocenters. The monoisotopic (exact) mass is 1150 g/mol. The van der Waals surface area contributed by atoms with Crippen molar-refractivity contribution < 1.29 is 28.6 Å². The fraction of sp³-hybridized carbons (Fsp3) is 0.803. The zero-order valence-electron chi connectivity index (χ0n) is 54.8. The van der Waals surface area contributed by atoms with Gasteiger partial charge in [-0.05, 0) is 83.5 Å². The molecule has 0 radical (unpaired) electrons. The average Bonchev–Trinajstić information content (AvgIpc) is 3.47. The van der Waals surface area contributed by atoms with Gasteiger partial charge in [0.1, 0.15) is 13.2 Å².